The monoisotopic (exact) mass is 247 g/mol. The van der Waals surface area contributed by atoms with E-state index >= 15 is 0 Å². The molecule has 1 aromatic rings. The lowest BCUT2D eigenvalue weighted by Crippen LogP contribution is -2.19. The average molecular weight is 247 g/mol. The number of aliphatic hydroxyl groups is 1. The topological polar surface area (TPSA) is 33.1 Å². The van der Waals surface area contributed by atoms with Crippen molar-refractivity contribution in [3.8, 4) is 0 Å². The Hall–Kier alpha value is -0.890. The highest BCUT2D eigenvalue weighted by molar-refractivity contribution is 5.09. The molecule has 1 aliphatic carbocycles. The highest BCUT2D eigenvalue weighted by Gasteiger charge is 2.20. The van der Waals surface area contributed by atoms with E-state index in [0.29, 0.717) is 0 Å². The Morgan fingerprint density at radius 2 is 2.06 bits per heavy atom. The first-order chi connectivity index (χ1) is 8.77. The van der Waals surface area contributed by atoms with Crippen LogP contribution in [0, 0.1) is 5.92 Å². The van der Waals surface area contributed by atoms with Gasteiger partial charge in [-0.05, 0) is 30.9 Å². The molecule has 2 nitrogen and oxygen atoms in total. The molecule has 100 valence electrons. The molecule has 0 spiro atoms. The molecule has 0 aromatic carbocycles. The van der Waals surface area contributed by atoms with E-state index in [4.69, 9.17) is 0 Å². The highest BCUT2D eigenvalue weighted by Crippen LogP contribution is 2.29. The summed E-state index contributed by atoms with van der Waals surface area (Å²) in [6.07, 6.45) is 10.6. The molecule has 0 bridgehead atoms. The van der Waals surface area contributed by atoms with Crippen molar-refractivity contribution in [1.82, 2.24) is 4.98 Å². The second-order valence-electron chi connectivity index (χ2n) is 5.69. The van der Waals surface area contributed by atoms with Gasteiger partial charge in [0.05, 0.1) is 6.10 Å². The van der Waals surface area contributed by atoms with Crippen molar-refractivity contribution >= 4 is 0 Å². The predicted octanol–water partition coefficient (Wildman–Crippen LogP) is 3.91. The highest BCUT2D eigenvalue weighted by atomic mass is 16.3. The van der Waals surface area contributed by atoms with Crippen LogP contribution in [0.15, 0.2) is 24.4 Å². The summed E-state index contributed by atoms with van der Waals surface area (Å²) in [7, 11) is 0. The number of aliphatic hydroxyl groups excluding tert-OH is 1. The first-order valence-corrected chi connectivity index (χ1v) is 7.36. The molecule has 2 atom stereocenters. The molecule has 1 aromatic heterocycles. The maximum Gasteiger partial charge on any atom is 0.0621 e. The van der Waals surface area contributed by atoms with E-state index < -0.39 is 0 Å². The van der Waals surface area contributed by atoms with Crippen molar-refractivity contribution in [2.24, 2.45) is 5.92 Å². The van der Waals surface area contributed by atoms with Crippen molar-refractivity contribution < 1.29 is 5.11 Å². The molecule has 2 rings (SSSR count). The number of rotatable bonds is 5. The predicted molar refractivity (Wildman–Crippen MR) is 74.5 cm³/mol. The first kappa shape index (κ1) is 13.5. The van der Waals surface area contributed by atoms with E-state index in [0.717, 1.165) is 18.0 Å². The lowest BCUT2D eigenvalue weighted by atomic mass is 9.84. The van der Waals surface area contributed by atoms with Crippen LogP contribution in [0.1, 0.15) is 63.5 Å². The van der Waals surface area contributed by atoms with E-state index in [1.54, 1.807) is 6.20 Å². The fourth-order valence-electron chi connectivity index (χ4n) is 2.97. The van der Waals surface area contributed by atoms with Gasteiger partial charge >= 0.3 is 0 Å². The SMILES string of the molecule is CC(c1ccccn1)C(O)CCC1CCCCC1. The summed E-state index contributed by atoms with van der Waals surface area (Å²) in [5.41, 5.74) is 1.01. The van der Waals surface area contributed by atoms with Gasteiger partial charge in [-0.15, -0.1) is 0 Å². The third-order valence-corrected chi connectivity index (χ3v) is 4.33. The number of nitrogens with zero attached hydrogens (tertiary/aromatic N) is 1. The Kier molecular flexibility index (Phi) is 5.18. The molecule has 1 fully saturated rings. The van der Waals surface area contributed by atoms with Crippen molar-refractivity contribution in [3.05, 3.63) is 30.1 Å². The van der Waals surface area contributed by atoms with Gasteiger partial charge in [0.1, 0.15) is 0 Å². The molecule has 0 radical (unpaired) electrons. The summed E-state index contributed by atoms with van der Waals surface area (Å²) < 4.78 is 0. The zero-order chi connectivity index (χ0) is 12.8. The molecule has 2 unspecified atom stereocenters. The van der Waals surface area contributed by atoms with Crippen LogP contribution in [-0.2, 0) is 0 Å². The van der Waals surface area contributed by atoms with Gasteiger partial charge in [0.25, 0.3) is 0 Å². The molecule has 1 aliphatic rings. The largest absolute Gasteiger partial charge is 0.392 e. The van der Waals surface area contributed by atoms with Crippen LogP contribution in [0.25, 0.3) is 0 Å². The maximum atomic E-state index is 10.3. The van der Waals surface area contributed by atoms with Gasteiger partial charge in [-0.1, -0.05) is 45.1 Å². The Balaban J connectivity index is 1.78. The zero-order valence-corrected chi connectivity index (χ0v) is 11.4. The molecular formula is C16H25NO. The summed E-state index contributed by atoms with van der Waals surface area (Å²) in [4.78, 5) is 4.33. The minimum Gasteiger partial charge on any atom is -0.392 e. The maximum absolute atomic E-state index is 10.3. The molecule has 2 heteroatoms. The average Bonchev–Trinajstić information content (AvgIpc) is 2.46. The molecular weight excluding hydrogens is 222 g/mol. The molecule has 1 saturated carbocycles. The summed E-state index contributed by atoms with van der Waals surface area (Å²) in [5, 5.41) is 10.3. The molecule has 0 amide bonds. The summed E-state index contributed by atoms with van der Waals surface area (Å²) in [6, 6.07) is 5.92. The Labute approximate surface area is 110 Å². The third kappa shape index (κ3) is 3.81. The zero-order valence-electron chi connectivity index (χ0n) is 11.4. The lowest BCUT2D eigenvalue weighted by molar-refractivity contribution is 0.125. The number of hydrogen-bond donors (Lipinski definition) is 1. The molecule has 0 aliphatic heterocycles. The summed E-state index contributed by atoms with van der Waals surface area (Å²) in [6.45, 7) is 2.08. The molecule has 18 heavy (non-hydrogen) atoms. The van der Waals surface area contributed by atoms with Gasteiger partial charge in [0.15, 0.2) is 0 Å². The van der Waals surface area contributed by atoms with Crippen LogP contribution in [0.3, 0.4) is 0 Å². The summed E-state index contributed by atoms with van der Waals surface area (Å²) in [5.74, 6) is 0.999. The van der Waals surface area contributed by atoms with Gasteiger partial charge in [0.2, 0.25) is 0 Å². The van der Waals surface area contributed by atoms with E-state index in [1.807, 2.05) is 18.2 Å². The van der Waals surface area contributed by atoms with E-state index in [-0.39, 0.29) is 12.0 Å². The standard InChI is InChI=1S/C16H25NO/c1-13(15-9-5-6-12-17-15)16(18)11-10-14-7-3-2-4-8-14/h5-6,9,12-14,16,18H,2-4,7-8,10-11H2,1H3. The van der Waals surface area contributed by atoms with Crippen LogP contribution in [0.5, 0.6) is 0 Å². The van der Waals surface area contributed by atoms with Gasteiger partial charge in [-0.3, -0.25) is 4.98 Å². The second kappa shape index (κ2) is 6.89. The smallest absolute Gasteiger partial charge is 0.0621 e. The molecule has 0 saturated heterocycles. The number of pyridine rings is 1. The number of hydrogen-bond acceptors (Lipinski definition) is 2. The van der Waals surface area contributed by atoms with Gasteiger partial charge in [0, 0.05) is 17.8 Å². The second-order valence-corrected chi connectivity index (χ2v) is 5.69. The van der Waals surface area contributed by atoms with Crippen LogP contribution >= 0.6 is 0 Å². The van der Waals surface area contributed by atoms with Crippen LogP contribution in [0.2, 0.25) is 0 Å². The molecule has 1 N–H and O–H groups in total. The van der Waals surface area contributed by atoms with Gasteiger partial charge in [-0.25, -0.2) is 0 Å². The fourth-order valence-corrected chi connectivity index (χ4v) is 2.97. The van der Waals surface area contributed by atoms with E-state index in [9.17, 15) is 5.11 Å². The number of aromatic nitrogens is 1. The van der Waals surface area contributed by atoms with Crippen molar-refractivity contribution in [1.29, 1.82) is 0 Å². The van der Waals surface area contributed by atoms with Crippen molar-refractivity contribution in [2.45, 2.75) is 63.9 Å². The normalized spacial score (nSPS) is 20.6. The van der Waals surface area contributed by atoms with Crippen LogP contribution in [-0.4, -0.2) is 16.2 Å². The Bertz CT molecular complexity index is 332. The Morgan fingerprint density at radius 1 is 1.28 bits per heavy atom. The minimum atomic E-state index is -0.248. The van der Waals surface area contributed by atoms with Crippen molar-refractivity contribution in [3.63, 3.8) is 0 Å². The van der Waals surface area contributed by atoms with Crippen LogP contribution in [0.4, 0.5) is 0 Å². The van der Waals surface area contributed by atoms with Crippen LogP contribution < -0.4 is 0 Å². The van der Waals surface area contributed by atoms with Gasteiger partial charge in [-0.2, -0.15) is 0 Å². The third-order valence-electron chi connectivity index (χ3n) is 4.33. The minimum absolute atomic E-state index is 0.148. The molecule has 1 heterocycles. The summed E-state index contributed by atoms with van der Waals surface area (Å²) >= 11 is 0. The van der Waals surface area contributed by atoms with Crippen molar-refractivity contribution in [2.75, 3.05) is 0 Å². The fraction of sp³-hybridized carbons (Fsp3) is 0.688. The Morgan fingerprint density at radius 3 is 2.72 bits per heavy atom. The quantitative estimate of drug-likeness (QED) is 0.856. The van der Waals surface area contributed by atoms with Gasteiger partial charge < -0.3 is 5.11 Å². The lowest BCUT2D eigenvalue weighted by Gasteiger charge is -2.24. The van der Waals surface area contributed by atoms with E-state index in [1.165, 1.54) is 38.5 Å². The first-order valence-electron chi connectivity index (χ1n) is 7.36. The van der Waals surface area contributed by atoms with E-state index in [2.05, 4.69) is 11.9 Å².